The molecule has 1 saturated heterocycles. The molecule has 1 aliphatic rings. The van der Waals surface area contributed by atoms with E-state index in [0.717, 1.165) is 10.9 Å². The molecular weight excluding hydrogens is 696 g/mol. The monoisotopic (exact) mass is 734 g/mol. The largest absolute Gasteiger partial charge is 0.493 e. The van der Waals surface area contributed by atoms with Crippen LogP contribution in [0, 0.1) is 5.92 Å². The first-order valence-corrected chi connectivity index (χ1v) is 18.2. The molecule has 4 aromatic rings. The number of nitrogens with zero attached hydrogens (tertiary/aromatic N) is 2. The Morgan fingerprint density at radius 1 is 0.872 bits per heavy atom. The molecule has 0 aliphatic carbocycles. The van der Waals surface area contributed by atoms with E-state index in [-0.39, 0.29) is 16.0 Å². The summed E-state index contributed by atoms with van der Waals surface area (Å²) in [5, 5.41) is 5.75. The standard InChI is InChI=1S/C36H39BrN4O4S2/c1-26(2)19-24-45-33-18-13-29(37)25-32(33)35(42)39-36(46)38-30-14-16-31(17-15-30)47(43,44)41-22-20-40(21-23-41)34(27-9-5-3-6-10-27)28-11-7-4-8-12-28/h3-18,25-26,34H,19-24H2,1-2H3,(H2,38,39,42,46). The lowest BCUT2D eigenvalue weighted by Crippen LogP contribution is -2.49. The van der Waals surface area contributed by atoms with Gasteiger partial charge in [-0.1, -0.05) is 90.4 Å². The maximum Gasteiger partial charge on any atom is 0.261 e. The lowest BCUT2D eigenvalue weighted by molar-refractivity contribution is 0.0973. The minimum absolute atomic E-state index is 0.0457. The number of thiocarbonyl (C=S) groups is 1. The first-order chi connectivity index (χ1) is 22.6. The summed E-state index contributed by atoms with van der Waals surface area (Å²) in [4.78, 5) is 15.6. The van der Waals surface area contributed by atoms with Gasteiger partial charge in [0.2, 0.25) is 10.0 Å². The Kier molecular flexibility index (Phi) is 11.8. The number of piperazine rings is 1. The van der Waals surface area contributed by atoms with Crippen molar-refractivity contribution in [1.29, 1.82) is 0 Å². The average molecular weight is 736 g/mol. The zero-order valence-corrected chi connectivity index (χ0v) is 29.7. The third-order valence-corrected chi connectivity index (χ3v) is 10.6. The van der Waals surface area contributed by atoms with Gasteiger partial charge >= 0.3 is 0 Å². The van der Waals surface area contributed by atoms with Crippen LogP contribution in [-0.2, 0) is 10.0 Å². The normalized spacial score (nSPS) is 14.2. The Balaban J connectivity index is 1.19. The fourth-order valence-electron chi connectivity index (χ4n) is 5.49. The van der Waals surface area contributed by atoms with Crippen LogP contribution in [0.3, 0.4) is 0 Å². The van der Waals surface area contributed by atoms with E-state index in [0.29, 0.717) is 55.7 Å². The van der Waals surface area contributed by atoms with Crippen molar-refractivity contribution in [2.45, 2.75) is 31.2 Å². The van der Waals surface area contributed by atoms with Crippen LogP contribution in [0.1, 0.15) is 47.8 Å². The highest BCUT2D eigenvalue weighted by Gasteiger charge is 2.32. The fourth-order valence-corrected chi connectivity index (χ4v) is 7.48. The Labute approximate surface area is 291 Å². The van der Waals surface area contributed by atoms with Crippen LogP contribution in [0.15, 0.2) is 112 Å². The summed E-state index contributed by atoms with van der Waals surface area (Å²) in [5.74, 6) is 0.535. The Bertz CT molecular complexity index is 1720. The summed E-state index contributed by atoms with van der Waals surface area (Å²) in [5.41, 5.74) is 3.27. The van der Waals surface area contributed by atoms with Crippen LogP contribution in [0.5, 0.6) is 5.75 Å². The molecule has 246 valence electrons. The molecule has 0 spiro atoms. The number of rotatable bonds is 11. The molecule has 1 fully saturated rings. The van der Waals surface area contributed by atoms with Crippen LogP contribution in [0.2, 0.25) is 0 Å². The molecule has 47 heavy (non-hydrogen) atoms. The molecule has 0 saturated carbocycles. The molecule has 11 heteroatoms. The number of sulfonamides is 1. The lowest BCUT2D eigenvalue weighted by Gasteiger charge is -2.39. The van der Waals surface area contributed by atoms with E-state index in [9.17, 15) is 13.2 Å². The molecule has 0 radical (unpaired) electrons. The number of benzene rings is 4. The molecule has 0 atom stereocenters. The number of carbonyl (C=O) groups is 1. The van der Waals surface area contributed by atoms with E-state index in [1.54, 1.807) is 40.7 Å². The van der Waals surface area contributed by atoms with E-state index in [2.05, 4.69) is 69.6 Å². The van der Waals surface area contributed by atoms with Gasteiger partial charge < -0.3 is 10.1 Å². The van der Waals surface area contributed by atoms with Gasteiger partial charge in [0.1, 0.15) is 5.75 Å². The average Bonchev–Trinajstić information content (AvgIpc) is 3.07. The Morgan fingerprint density at radius 3 is 2.04 bits per heavy atom. The summed E-state index contributed by atoms with van der Waals surface area (Å²) in [6.07, 6.45) is 0.863. The number of anilines is 1. The van der Waals surface area contributed by atoms with Crippen molar-refractivity contribution in [3.8, 4) is 5.75 Å². The van der Waals surface area contributed by atoms with Gasteiger partial charge in [-0.05, 0) is 78.1 Å². The maximum atomic E-state index is 13.6. The van der Waals surface area contributed by atoms with E-state index >= 15 is 0 Å². The molecule has 2 N–H and O–H groups in total. The molecule has 4 aromatic carbocycles. The molecule has 1 amide bonds. The van der Waals surface area contributed by atoms with Crippen LogP contribution in [0.4, 0.5) is 5.69 Å². The van der Waals surface area contributed by atoms with Crippen LogP contribution < -0.4 is 15.4 Å². The predicted molar refractivity (Wildman–Crippen MR) is 194 cm³/mol. The maximum absolute atomic E-state index is 13.6. The first-order valence-electron chi connectivity index (χ1n) is 15.6. The zero-order chi connectivity index (χ0) is 33.4. The van der Waals surface area contributed by atoms with Gasteiger partial charge in [0.15, 0.2) is 5.11 Å². The molecule has 0 bridgehead atoms. The van der Waals surface area contributed by atoms with Crippen LogP contribution in [0.25, 0.3) is 0 Å². The molecule has 5 rings (SSSR count). The van der Waals surface area contributed by atoms with Crippen molar-refractivity contribution in [3.63, 3.8) is 0 Å². The van der Waals surface area contributed by atoms with E-state index < -0.39 is 15.9 Å². The summed E-state index contributed by atoms with van der Waals surface area (Å²) < 4.78 is 35.4. The predicted octanol–water partition coefficient (Wildman–Crippen LogP) is 7.10. The van der Waals surface area contributed by atoms with Gasteiger partial charge in [0.05, 0.1) is 23.1 Å². The van der Waals surface area contributed by atoms with Gasteiger partial charge in [-0.25, -0.2) is 8.42 Å². The molecule has 0 unspecified atom stereocenters. The van der Waals surface area contributed by atoms with Gasteiger partial charge in [0.25, 0.3) is 5.91 Å². The van der Waals surface area contributed by atoms with Crippen molar-refractivity contribution >= 4 is 54.9 Å². The SMILES string of the molecule is CC(C)CCOc1ccc(Br)cc1C(=O)NC(=S)Nc1ccc(S(=O)(=O)N2CCN(C(c3ccccc3)c3ccccc3)CC2)cc1. The minimum Gasteiger partial charge on any atom is -0.493 e. The molecule has 1 heterocycles. The Morgan fingerprint density at radius 2 is 1.47 bits per heavy atom. The van der Waals surface area contributed by atoms with E-state index in [1.165, 1.54) is 11.1 Å². The lowest BCUT2D eigenvalue weighted by atomic mass is 9.96. The van der Waals surface area contributed by atoms with Gasteiger partial charge in [-0.2, -0.15) is 4.31 Å². The summed E-state index contributed by atoms with van der Waals surface area (Å²) in [7, 11) is -3.70. The highest BCUT2D eigenvalue weighted by molar-refractivity contribution is 9.10. The number of ether oxygens (including phenoxy) is 1. The minimum atomic E-state index is -3.70. The number of hydrogen-bond donors (Lipinski definition) is 2. The summed E-state index contributed by atoms with van der Waals surface area (Å²) in [6.45, 7) is 6.68. The van der Waals surface area contributed by atoms with Crippen molar-refractivity contribution < 1.29 is 17.9 Å². The quantitative estimate of drug-likeness (QED) is 0.159. The van der Waals surface area contributed by atoms with Gasteiger partial charge in [0, 0.05) is 36.3 Å². The topological polar surface area (TPSA) is 91.0 Å². The van der Waals surface area contributed by atoms with Gasteiger partial charge in [-0.15, -0.1) is 0 Å². The molecule has 1 aliphatic heterocycles. The van der Waals surface area contributed by atoms with Crippen molar-refractivity contribution in [3.05, 3.63) is 124 Å². The van der Waals surface area contributed by atoms with Gasteiger partial charge in [-0.3, -0.25) is 15.0 Å². The molecule has 8 nitrogen and oxygen atoms in total. The number of nitrogens with one attached hydrogen (secondary N) is 2. The number of carbonyl (C=O) groups excluding carboxylic acids is 1. The Hall–Kier alpha value is -3.61. The third kappa shape index (κ3) is 9.05. The third-order valence-electron chi connectivity index (χ3n) is 7.99. The molecular formula is C36H39BrN4O4S2. The second-order valence-electron chi connectivity index (χ2n) is 11.8. The molecule has 0 aromatic heterocycles. The number of amides is 1. The first kappa shape index (κ1) is 34.7. The highest BCUT2D eigenvalue weighted by atomic mass is 79.9. The van der Waals surface area contributed by atoms with Crippen molar-refractivity contribution in [2.75, 3.05) is 38.1 Å². The second-order valence-corrected chi connectivity index (χ2v) is 15.0. The summed E-state index contributed by atoms with van der Waals surface area (Å²) in [6, 6.07) is 32.3. The smallest absolute Gasteiger partial charge is 0.261 e. The second kappa shape index (κ2) is 16.0. The van der Waals surface area contributed by atoms with Crippen LogP contribution in [-0.4, -0.2) is 61.4 Å². The number of hydrogen-bond acceptors (Lipinski definition) is 6. The highest BCUT2D eigenvalue weighted by Crippen LogP contribution is 2.31. The number of halogens is 1. The van der Waals surface area contributed by atoms with Crippen molar-refractivity contribution in [1.82, 2.24) is 14.5 Å². The van der Waals surface area contributed by atoms with Crippen molar-refractivity contribution in [2.24, 2.45) is 5.92 Å². The summed E-state index contributed by atoms with van der Waals surface area (Å²) >= 11 is 8.81. The zero-order valence-electron chi connectivity index (χ0n) is 26.4. The van der Waals surface area contributed by atoms with Crippen LogP contribution >= 0.6 is 28.1 Å². The fraction of sp³-hybridized carbons (Fsp3) is 0.278. The van der Waals surface area contributed by atoms with E-state index in [4.69, 9.17) is 17.0 Å². The van der Waals surface area contributed by atoms with E-state index in [1.807, 2.05) is 42.5 Å².